The summed E-state index contributed by atoms with van der Waals surface area (Å²) in [6.07, 6.45) is 7.58. The standard InChI is InChI=1S/C16H32N2O4/c1-2-3-4-5-6-9-15(20)17-10-12-18(14-16(21)22)11-7-8-13-19/h19H,2-14H2,1H3,(H,17,20)(H,21,22). The second-order valence-electron chi connectivity index (χ2n) is 5.61. The molecule has 0 aliphatic carbocycles. The number of carbonyl (C=O) groups excluding carboxylic acids is 1. The zero-order chi connectivity index (χ0) is 16.6. The number of nitrogens with zero attached hydrogens (tertiary/aromatic N) is 1. The van der Waals surface area contributed by atoms with E-state index in [1.165, 1.54) is 19.3 Å². The van der Waals surface area contributed by atoms with Gasteiger partial charge in [0.2, 0.25) is 5.91 Å². The van der Waals surface area contributed by atoms with Gasteiger partial charge < -0.3 is 15.5 Å². The van der Waals surface area contributed by atoms with E-state index in [9.17, 15) is 9.59 Å². The normalized spacial score (nSPS) is 10.9. The number of hydrogen-bond donors (Lipinski definition) is 3. The highest BCUT2D eigenvalue weighted by Gasteiger charge is 2.09. The molecular weight excluding hydrogens is 284 g/mol. The van der Waals surface area contributed by atoms with Crippen molar-refractivity contribution in [1.29, 1.82) is 0 Å². The minimum absolute atomic E-state index is 0.0294. The van der Waals surface area contributed by atoms with Crippen LogP contribution >= 0.6 is 0 Å². The highest BCUT2D eigenvalue weighted by atomic mass is 16.4. The van der Waals surface area contributed by atoms with Crippen molar-refractivity contribution in [1.82, 2.24) is 10.2 Å². The molecule has 0 aromatic carbocycles. The summed E-state index contributed by atoms with van der Waals surface area (Å²) in [4.78, 5) is 24.2. The predicted octanol–water partition coefficient (Wildman–Crippen LogP) is 1.62. The first kappa shape index (κ1) is 20.9. The summed E-state index contributed by atoms with van der Waals surface area (Å²) >= 11 is 0. The van der Waals surface area contributed by atoms with Crippen molar-refractivity contribution >= 4 is 11.9 Å². The van der Waals surface area contributed by atoms with Crippen LogP contribution in [0.5, 0.6) is 0 Å². The first-order valence-corrected chi connectivity index (χ1v) is 8.41. The lowest BCUT2D eigenvalue weighted by atomic mass is 10.1. The molecule has 0 aromatic rings. The molecule has 0 heterocycles. The Kier molecular flexibility index (Phi) is 14.0. The Labute approximate surface area is 133 Å². The Hall–Kier alpha value is -1.14. The lowest BCUT2D eigenvalue weighted by molar-refractivity contribution is -0.138. The Balaban J connectivity index is 3.75. The van der Waals surface area contributed by atoms with E-state index in [4.69, 9.17) is 10.2 Å². The van der Waals surface area contributed by atoms with E-state index in [0.717, 1.165) is 19.3 Å². The largest absolute Gasteiger partial charge is 0.480 e. The fourth-order valence-corrected chi connectivity index (χ4v) is 2.24. The molecule has 0 aliphatic rings. The van der Waals surface area contributed by atoms with E-state index < -0.39 is 5.97 Å². The lowest BCUT2D eigenvalue weighted by Crippen LogP contribution is -2.38. The van der Waals surface area contributed by atoms with Gasteiger partial charge in [-0.25, -0.2) is 0 Å². The number of rotatable bonds is 15. The summed E-state index contributed by atoms with van der Waals surface area (Å²) in [7, 11) is 0. The van der Waals surface area contributed by atoms with Crippen LogP contribution in [-0.2, 0) is 9.59 Å². The van der Waals surface area contributed by atoms with Crippen LogP contribution in [0.1, 0.15) is 58.3 Å². The van der Waals surface area contributed by atoms with Crippen LogP contribution in [0.25, 0.3) is 0 Å². The first-order valence-electron chi connectivity index (χ1n) is 8.41. The van der Waals surface area contributed by atoms with Crippen molar-refractivity contribution < 1.29 is 19.8 Å². The van der Waals surface area contributed by atoms with E-state index in [-0.39, 0.29) is 19.1 Å². The molecule has 0 saturated heterocycles. The maximum atomic E-state index is 11.7. The van der Waals surface area contributed by atoms with Gasteiger partial charge in [-0.1, -0.05) is 32.6 Å². The summed E-state index contributed by atoms with van der Waals surface area (Å²) < 4.78 is 0. The number of carboxylic acid groups (broad SMARTS) is 1. The Morgan fingerprint density at radius 1 is 1.00 bits per heavy atom. The van der Waals surface area contributed by atoms with E-state index in [1.54, 1.807) is 4.90 Å². The Bertz CT molecular complexity index is 298. The maximum absolute atomic E-state index is 11.7. The topological polar surface area (TPSA) is 89.9 Å². The van der Waals surface area contributed by atoms with Gasteiger partial charge in [0.25, 0.3) is 0 Å². The van der Waals surface area contributed by atoms with Gasteiger partial charge >= 0.3 is 5.97 Å². The third kappa shape index (κ3) is 13.8. The molecule has 0 atom stereocenters. The molecular formula is C16H32N2O4. The van der Waals surface area contributed by atoms with Gasteiger partial charge in [0, 0.05) is 26.1 Å². The molecule has 0 unspecified atom stereocenters. The summed E-state index contributed by atoms with van der Waals surface area (Å²) in [6, 6.07) is 0. The first-order chi connectivity index (χ1) is 10.6. The molecule has 0 rings (SSSR count). The number of aliphatic hydroxyl groups excluding tert-OH is 1. The van der Waals surface area contributed by atoms with Gasteiger partial charge in [-0.3, -0.25) is 14.5 Å². The van der Waals surface area contributed by atoms with Gasteiger partial charge in [-0.05, 0) is 25.8 Å². The monoisotopic (exact) mass is 316 g/mol. The highest BCUT2D eigenvalue weighted by Crippen LogP contribution is 2.04. The number of hydrogen-bond acceptors (Lipinski definition) is 4. The summed E-state index contributed by atoms with van der Waals surface area (Å²) in [5, 5.41) is 20.5. The number of nitrogens with one attached hydrogen (secondary N) is 1. The molecule has 0 saturated carbocycles. The third-order valence-electron chi connectivity index (χ3n) is 3.50. The second-order valence-corrected chi connectivity index (χ2v) is 5.61. The van der Waals surface area contributed by atoms with Gasteiger partial charge in [-0.15, -0.1) is 0 Å². The van der Waals surface area contributed by atoms with Crippen molar-refractivity contribution in [2.24, 2.45) is 0 Å². The number of carboxylic acids is 1. The van der Waals surface area contributed by atoms with Crippen LogP contribution in [-0.4, -0.2) is 59.8 Å². The average Bonchev–Trinajstić information content (AvgIpc) is 2.46. The maximum Gasteiger partial charge on any atom is 0.317 e. The fourth-order valence-electron chi connectivity index (χ4n) is 2.24. The van der Waals surface area contributed by atoms with Gasteiger partial charge in [0.15, 0.2) is 0 Å². The van der Waals surface area contributed by atoms with Crippen molar-refractivity contribution in [2.45, 2.75) is 58.3 Å². The van der Waals surface area contributed by atoms with E-state index in [1.807, 2.05) is 0 Å². The number of carbonyl (C=O) groups is 2. The molecule has 0 aliphatic heterocycles. The number of unbranched alkanes of at least 4 members (excludes halogenated alkanes) is 5. The zero-order valence-electron chi connectivity index (χ0n) is 13.9. The lowest BCUT2D eigenvalue weighted by Gasteiger charge is -2.20. The third-order valence-corrected chi connectivity index (χ3v) is 3.50. The second kappa shape index (κ2) is 14.8. The minimum Gasteiger partial charge on any atom is -0.480 e. The zero-order valence-corrected chi connectivity index (χ0v) is 13.9. The molecule has 0 radical (unpaired) electrons. The summed E-state index contributed by atoms with van der Waals surface area (Å²) in [6.45, 7) is 3.88. The Morgan fingerprint density at radius 2 is 1.73 bits per heavy atom. The highest BCUT2D eigenvalue weighted by molar-refractivity contribution is 5.75. The molecule has 6 heteroatoms. The van der Waals surface area contributed by atoms with Crippen LogP contribution in [0.3, 0.4) is 0 Å². The number of aliphatic hydroxyl groups is 1. The van der Waals surface area contributed by atoms with E-state index in [0.29, 0.717) is 32.5 Å². The van der Waals surface area contributed by atoms with Crippen LogP contribution in [0.4, 0.5) is 0 Å². The van der Waals surface area contributed by atoms with Gasteiger partial charge in [-0.2, -0.15) is 0 Å². The van der Waals surface area contributed by atoms with Crippen LogP contribution in [0.15, 0.2) is 0 Å². The molecule has 130 valence electrons. The van der Waals surface area contributed by atoms with Gasteiger partial charge in [0.05, 0.1) is 6.54 Å². The molecule has 0 aromatic heterocycles. The van der Waals surface area contributed by atoms with Crippen molar-refractivity contribution in [2.75, 3.05) is 32.8 Å². The van der Waals surface area contributed by atoms with Crippen molar-refractivity contribution in [3.8, 4) is 0 Å². The van der Waals surface area contributed by atoms with Crippen LogP contribution in [0, 0.1) is 0 Å². The SMILES string of the molecule is CCCCCCCC(=O)NCCN(CCCCO)CC(=O)O. The summed E-state index contributed by atoms with van der Waals surface area (Å²) in [5.41, 5.74) is 0. The van der Waals surface area contributed by atoms with Gasteiger partial charge in [0.1, 0.15) is 0 Å². The number of aliphatic carboxylic acids is 1. The molecule has 1 amide bonds. The predicted molar refractivity (Wildman–Crippen MR) is 86.8 cm³/mol. The van der Waals surface area contributed by atoms with E-state index in [2.05, 4.69) is 12.2 Å². The number of amides is 1. The van der Waals surface area contributed by atoms with Crippen molar-refractivity contribution in [3.63, 3.8) is 0 Å². The smallest absolute Gasteiger partial charge is 0.317 e. The molecule has 0 spiro atoms. The molecule has 0 bridgehead atoms. The van der Waals surface area contributed by atoms with Crippen LogP contribution < -0.4 is 5.32 Å². The fraction of sp³-hybridized carbons (Fsp3) is 0.875. The average molecular weight is 316 g/mol. The van der Waals surface area contributed by atoms with Crippen LogP contribution in [0.2, 0.25) is 0 Å². The molecule has 0 fully saturated rings. The van der Waals surface area contributed by atoms with E-state index >= 15 is 0 Å². The molecule has 22 heavy (non-hydrogen) atoms. The summed E-state index contributed by atoms with van der Waals surface area (Å²) in [5.74, 6) is -0.826. The minimum atomic E-state index is -0.869. The molecule has 3 N–H and O–H groups in total. The Morgan fingerprint density at radius 3 is 2.36 bits per heavy atom. The molecule has 6 nitrogen and oxygen atoms in total. The van der Waals surface area contributed by atoms with Crippen molar-refractivity contribution in [3.05, 3.63) is 0 Å². The quantitative estimate of drug-likeness (QED) is 0.399.